The molecule has 0 aromatic heterocycles. The summed E-state index contributed by atoms with van der Waals surface area (Å²) >= 11 is 1.20. The van der Waals surface area contributed by atoms with E-state index in [0.717, 1.165) is 32.0 Å². The average molecular weight is 327 g/mol. The molecular weight excluding hydrogens is 309 g/mol. The van der Waals surface area contributed by atoms with E-state index < -0.39 is 23.3 Å². The predicted molar refractivity (Wildman–Crippen MR) is 83.6 cm³/mol. The van der Waals surface area contributed by atoms with Crippen LogP contribution >= 0.6 is 12.1 Å². The monoisotopic (exact) mass is 327 g/mol. The molecule has 2 rings (SSSR count). The van der Waals surface area contributed by atoms with Gasteiger partial charge < -0.3 is 10.0 Å². The predicted octanol–water partition coefficient (Wildman–Crippen LogP) is 1.98. The van der Waals surface area contributed by atoms with Crippen molar-refractivity contribution >= 4 is 29.7 Å². The van der Waals surface area contributed by atoms with Gasteiger partial charge in [-0.1, -0.05) is 0 Å². The molecule has 8 heteroatoms. The van der Waals surface area contributed by atoms with Gasteiger partial charge in [-0.3, -0.25) is 9.52 Å². The van der Waals surface area contributed by atoms with Crippen molar-refractivity contribution in [1.29, 1.82) is 0 Å². The van der Waals surface area contributed by atoms with E-state index in [0.29, 0.717) is 0 Å². The van der Waals surface area contributed by atoms with Gasteiger partial charge in [0.15, 0.2) is 5.82 Å². The SMILES string of the molecule is CN(C)c1c(C(=O)NSN2CCCC2)ccc(C(=O)O)c1F. The summed E-state index contributed by atoms with van der Waals surface area (Å²) in [5.74, 6) is -2.72. The largest absolute Gasteiger partial charge is 0.478 e. The molecule has 0 saturated carbocycles. The summed E-state index contributed by atoms with van der Waals surface area (Å²) in [6.45, 7) is 1.80. The van der Waals surface area contributed by atoms with Gasteiger partial charge in [-0.05, 0) is 25.0 Å². The van der Waals surface area contributed by atoms with E-state index in [4.69, 9.17) is 5.11 Å². The van der Waals surface area contributed by atoms with Crippen LogP contribution in [0.1, 0.15) is 33.6 Å². The second kappa shape index (κ2) is 6.97. The summed E-state index contributed by atoms with van der Waals surface area (Å²) < 4.78 is 19.0. The molecule has 1 aliphatic rings. The number of carboxylic acids is 1. The van der Waals surface area contributed by atoms with Crippen molar-refractivity contribution in [3.05, 3.63) is 29.1 Å². The molecule has 120 valence electrons. The van der Waals surface area contributed by atoms with Gasteiger partial charge in [0.1, 0.15) is 0 Å². The third-order valence-corrected chi connectivity index (χ3v) is 4.27. The molecule has 1 fully saturated rings. The minimum absolute atomic E-state index is 0.0283. The summed E-state index contributed by atoms with van der Waals surface area (Å²) in [5, 5.41) is 8.98. The zero-order chi connectivity index (χ0) is 16.3. The highest BCUT2D eigenvalue weighted by molar-refractivity contribution is 7.95. The number of nitrogens with zero attached hydrogens (tertiary/aromatic N) is 2. The molecule has 1 saturated heterocycles. The number of carbonyl (C=O) groups is 2. The van der Waals surface area contributed by atoms with Gasteiger partial charge in [-0.15, -0.1) is 0 Å². The third-order valence-electron chi connectivity index (χ3n) is 3.37. The molecule has 0 atom stereocenters. The van der Waals surface area contributed by atoms with Crippen molar-refractivity contribution in [3.63, 3.8) is 0 Å². The van der Waals surface area contributed by atoms with Crippen LogP contribution in [0.3, 0.4) is 0 Å². The third kappa shape index (κ3) is 3.50. The number of aromatic carboxylic acids is 1. The molecular formula is C14H18FN3O3S. The van der Waals surface area contributed by atoms with Crippen LogP contribution in [0.5, 0.6) is 0 Å². The van der Waals surface area contributed by atoms with Gasteiger partial charge in [-0.25, -0.2) is 13.5 Å². The lowest BCUT2D eigenvalue weighted by atomic mass is 10.1. The standard InChI is InChI=1S/C14H18FN3O3S/c1-17(2)12-10(6-5-9(11(12)15)14(20)21)13(19)16-22-18-7-3-4-8-18/h5-6H,3-4,7-8H2,1-2H3,(H,16,19)(H,20,21). The van der Waals surface area contributed by atoms with Gasteiger partial charge in [0.2, 0.25) is 0 Å². The zero-order valence-electron chi connectivity index (χ0n) is 12.4. The maximum atomic E-state index is 14.3. The fraction of sp³-hybridized carbons (Fsp3) is 0.429. The minimum atomic E-state index is -1.36. The van der Waals surface area contributed by atoms with Crippen LogP contribution in [0.25, 0.3) is 0 Å². The Bertz CT molecular complexity index is 589. The molecule has 0 bridgehead atoms. The Morgan fingerprint density at radius 2 is 1.86 bits per heavy atom. The van der Waals surface area contributed by atoms with Crippen LogP contribution in [-0.4, -0.2) is 48.5 Å². The summed E-state index contributed by atoms with van der Waals surface area (Å²) in [7, 11) is 3.13. The second-order valence-corrected chi connectivity index (χ2v) is 6.08. The lowest BCUT2D eigenvalue weighted by molar-refractivity contribution is 0.0691. The Kier molecular flexibility index (Phi) is 5.25. The molecule has 6 nitrogen and oxygen atoms in total. The number of nitrogens with one attached hydrogen (secondary N) is 1. The number of amides is 1. The molecule has 2 N–H and O–H groups in total. The number of halogens is 1. The van der Waals surface area contributed by atoms with Crippen molar-refractivity contribution in [2.24, 2.45) is 0 Å². The van der Waals surface area contributed by atoms with Crippen molar-refractivity contribution in [1.82, 2.24) is 9.03 Å². The Labute approximate surface area is 132 Å². The Hall–Kier alpha value is -1.80. The Balaban J connectivity index is 2.23. The van der Waals surface area contributed by atoms with E-state index in [1.807, 2.05) is 4.31 Å². The number of anilines is 1. The maximum Gasteiger partial charge on any atom is 0.338 e. The van der Waals surface area contributed by atoms with Crippen LogP contribution in [0.4, 0.5) is 10.1 Å². The lowest BCUT2D eigenvalue weighted by Gasteiger charge is -2.20. The molecule has 0 radical (unpaired) electrons. The first-order chi connectivity index (χ1) is 10.4. The molecule has 0 aliphatic carbocycles. The topological polar surface area (TPSA) is 72.9 Å². The molecule has 1 amide bonds. The van der Waals surface area contributed by atoms with Gasteiger partial charge in [0, 0.05) is 39.3 Å². The molecule has 1 heterocycles. The van der Waals surface area contributed by atoms with Crippen molar-refractivity contribution in [2.45, 2.75) is 12.8 Å². The summed E-state index contributed by atoms with van der Waals surface area (Å²) in [5.41, 5.74) is -0.369. The molecule has 0 spiro atoms. The summed E-state index contributed by atoms with van der Waals surface area (Å²) in [6, 6.07) is 2.45. The van der Waals surface area contributed by atoms with Gasteiger partial charge in [-0.2, -0.15) is 0 Å². The molecule has 1 aromatic rings. The van der Waals surface area contributed by atoms with Crippen LogP contribution in [-0.2, 0) is 0 Å². The van der Waals surface area contributed by atoms with Gasteiger partial charge in [0.05, 0.1) is 16.8 Å². The molecule has 1 aliphatic heterocycles. The zero-order valence-corrected chi connectivity index (χ0v) is 13.2. The fourth-order valence-corrected chi connectivity index (χ4v) is 3.05. The van der Waals surface area contributed by atoms with Gasteiger partial charge >= 0.3 is 5.97 Å². The minimum Gasteiger partial charge on any atom is -0.478 e. The van der Waals surface area contributed by atoms with Crippen LogP contribution < -0.4 is 9.62 Å². The highest BCUT2D eigenvalue weighted by Crippen LogP contribution is 2.27. The number of rotatable bonds is 5. The maximum absolute atomic E-state index is 14.3. The van der Waals surface area contributed by atoms with E-state index in [1.165, 1.54) is 23.1 Å². The number of hydrogen-bond donors (Lipinski definition) is 2. The van der Waals surface area contributed by atoms with Crippen molar-refractivity contribution in [3.8, 4) is 0 Å². The summed E-state index contributed by atoms with van der Waals surface area (Å²) in [4.78, 5) is 24.7. The van der Waals surface area contributed by atoms with E-state index >= 15 is 0 Å². The number of carbonyl (C=O) groups excluding carboxylic acids is 1. The van der Waals surface area contributed by atoms with Crippen molar-refractivity contribution < 1.29 is 19.1 Å². The fourth-order valence-electron chi connectivity index (χ4n) is 2.29. The highest BCUT2D eigenvalue weighted by atomic mass is 32.2. The normalized spacial score (nSPS) is 14.9. The first kappa shape index (κ1) is 16.6. The van der Waals surface area contributed by atoms with Gasteiger partial charge in [0.25, 0.3) is 5.91 Å². The highest BCUT2D eigenvalue weighted by Gasteiger charge is 2.23. The van der Waals surface area contributed by atoms with E-state index in [2.05, 4.69) is 4.72 Å². The van der Waals surface area contributed by atoms with Crippen LogP contribution in [0, 0.1) is 5.82 Å². The second-order valence-electron chi connectivity index (χ2n) is 5.18. The molecule has 22 heavy (non-hydrogen) atoms. The Morgan fingerprint density at radius 1 is 1.27 bits per heavy atom. The number of carboxylic acid groups (broad SMARTS) is 1. The van der Waals surface area contributed by atoms with Crippen LogP contribution in [0.15, 0.2) is 12.1 Å². The molecule has 1 aromatic carbocycles. The first-order valence-corrected chi connectivity index (χ1v) is 7.64. The lowest BCUT2D eigenvalue weighted by Crippen LogP contribution is -2.26. The van der Waals surface area contributed by atoms with E-state index in [9.17, 15) is 14.0 Å². The quantitative estimate of drug-likeness (QED) is 0.806. The average Bonchev–Trinajstić information content (AvgIpc) is 2.96. The smallest absolute Gasteiger partial charge is 0.338 e. The Morgan fingerprint density at radius 3 is 2.41 bits per heavy atom. The van der Waals surface area contributed by atoms with E-state index in [1.54, 1.807) is 14.1 Å². The van der Waals surface area contributed by atoms with E-state index in [-0.39, 0.29) is 11.3 Å². The first-order valence-electron chi connectivity index (χ1n) is 6.87. The number of benzene rings is 1. The number of hydrogen-bond acceptors (Lipinski definition) is 5. The van der Waals surface area contributed by atoms with Crippen molar-refractivity contribution in [2.75, 3.05) is 32.1 Å². The molecule has 0 unspecified atom stereocenters. The summed E-state index contributed by atoms with van der Waals surface area (Å²) in [6.07, 6.45) is 2.18. The van der Waals surface area contributed by atoms with Crippen LogP contribution in [0.2, 0.25) is 0 Å².